The van der Waals surface area contributed by atoms with Gasteiger partial charge in [0.15, 0.2) is 0 Å². The number of nitrogens with two attached hydrogens (primary N) is 1. The molecule has 0 aliphatic heterocycles. The van der Waals surface area contributed by atoms with E-state index in [1.165, 1.54) is 31.4 Å². The quantitative estimate of drug-likeness (QED) is 0.106. The SMILES string of the molecule is COc1ccccc1/C(Br)=C(/C(=O)Nc1ccc(N)cc1)C(=O)Nc1ccc([N+](=O)[O-])cc1. The molecule has 9 nitrogen and oxygen atoms in total. The zero-order chi connectivity index (χ0) is 24.0. The number of carbonyl (C=O) groups excluding carboxylic acids is 2. The number of anilines is 3. The number of methoxy groups -OCH3 is 1. The first-order valence-electron chi connectivity index (χ1n) is 9.56. The van der Waals surface area contributed by atoms with Gasteiger partial charge in [0.25, 0.3) is 17.5 Å². The second-order valence-corrected chi connectivity index (χ2v) is 7.52. The molecule has 0 aliphatic carbocycles. The van der Waals surface area contributed by atoms with Crippen molar-refractivity contribution in [2.24, 2.45) is 0 Å². The van der Waals surface area contributed by atoms with Crippen LogP contribution in [0.4, 0.5) is 22.7 Å². The van der Waals surface area contributed by atoms with Gasteiger partial charge in [-0.15, -0.1) is 0 Å². The monoisotopic (exact) mass is 510 g/mol. The number of nitrogen functional groups attached to an aromatic ring is 1. The molecule has 2 amide bonds. The third-order valence-electron chi connectivity index (χ3n) is 4.52. The number of amides is 2. The van der Waals surface area contributed by atoms with E-state index in [1.54, 1.807) is 48.5 Å². The van der Waals surface area contributed by atoms with Crippen LogP contribution >= 0.6 is 15.9 Å². The molecule has 0 bridgehead atoms. The lowest BCUT2D eigenvalue weighted by Gasteiger charge is -2.14. The molecule has 0 radical (unpaired) electrons. The normalized spacial score (nSPS) is 11.2. The van der Waals surface area contributed by atoms with Crippen LogP contribution in [0, 0.1) is 10.1 Å². The van der Waals surface area contributed by atoms with Gasteiger partial charge < -0.3 is 21.1 Å². The predicted octanol–water partition coefficient (Wildman–Crippen LogP) is 4.57. The molecule has 0 fully saturated rings. The van der Waals surface area contributed by atoms with Crippen LogP contribution in [0.25, 0.3) is 4.48 Å². The number of ether oxygens (including phenoxy) is 1. The van der Waals surface area contributed by atoms with Crippen LogP contribution in [0.5, 0.6) is 5.75 Å². The Labute approximate surface area is 197 Å². The summed E-state index contributed by atoms with van der Waals surface area (Å²) in [5.74, 6) is -0.961. The summed E-state index contributed by atoms with van der Waals surface area (Å²) in [5.41, 5.74) is 7.07. The minimum atomic E-state index is -0.727. The van der Waals surface area contributed by atoms with Gasteiger partial charge in [0.2, 0.25) is 0 Å². The molecule has 3 rings (SSSR count). The van der Waals surface area contributed by atoms with Crippen molar-refractivity contribution >= 4 is 55.0 Å². The number of non-ortho nitro benzene ring substituents is 1. The highest BCUT2D eigenvalue weighted by Crippen LogP contribution is 2.33. The molecule has 0 saturated heterocycles. The lowest BCUT2D eigenvalue weighted by molar-refractivity contribution is -0.384. The van der Waals surface area contributed by atoms with Gasteiger partial charge in [0.05, 0.1) is 12.0 Å². The smallest absolute Gasteiger partial charge is 0.269 e. The number of nitro groups is 1. The van der Waals surface area contributed by atoms with E-state index in [-0.39, 0.29) is 21.4 Å². The Kier molecular flexibility index (Phi) is 7.42. The topological polar surface area (TPSA) is 137 Å². The van der Waals surface area contributed by atoms with Crippen LogP contribution in [-0.4, -0.2) is 23.8 Å². The summed E-state index contributed by atoms with van der Waals surface area (Å²) in [6.07, 6.45) is 0. The lowest BCUT2D eigenvalue weighted by Crippen LogP contribution is -2.26. The molecule has 0 aliphatic rings. The lowest BCUT2D eigenvalue weighted by atomic mass is 10.1. The summed E-state index contributed by atoms with van der Waals surface area (Å²) in [4.78, 5) is 36.7. The van der Waals surface area contributed by atoms with Crippen molar-refractivity contribution in [3.63, 3.8) is 0 Å². The molecule has 0 spiro atoms. The molecule has 0 heterocycles. The Morgan fingerprint density at radius 1 is 0.909 bits per heavy atom. The molecule has 168 valence electrons. The van der Waals surface area contributed by atoms with E-state index >= 15 is 0 Å². The highest BCUT2D eigenvalue weighted by atomic mass is 79.9. The number of rotatable bonds is 7. The number of hydrogen-bond donors (Lipinski definition) is 3. The first kappa shape index (κ1) is 23.5. The van der Waals surface area contributed by atoms with Crippen LogP contribution in [0.2, 0.25) is 0 Å². The Morgan fingerprint density at radius 3 is 1.94 bits per heavy atom. The number of para-hydroxylation sites is 1. The maximum atomic E-state index is 13.2. The van der Waals surface area contributed by atoms with Crippen molar-refractivity contribution in [2.45, 2.75) is 0 Å². The van der Waals surface area contributed by atoms with Gasteiger partial charge in [-0.2, -0.15) is 0 Å². The molecule has 4 N–H and O–H groups in total. The average molecular weight is 511 g/mol. The Morgan fingerprint density at radius 2 is 1.42 bits per heavy atom. The molecule has 3 aromatic carbocycles. The molecular formula is C23H19BrN4O5. The largest absolute Gasteiger partial charge is 0.496 e. The number of nitrogens with one attached hydrogen (secondary N) is 2. The zero-order valence-electron chi connectivity index (χ0n) is 17.4. The van der Waals surface area contributed by atoms with E-state index in [0.717, 1.165) is 0 Å². The van der Waals surface area contributed by atoms with E-state index in [2.05, 4.69) is 26.6 Å². The van der Waals surface area contributed by atoms with E-state index < -0.39 is 16.7 Å². The van der Waals surface area contributed by atoms with Gasteiger partial charge in [-0.1, -0.05) is 18.2 Å². The summed E-state index contributed by atoms with van der Waals surface area (Å²) in [5, 5.41) is 16.1. The maximum absolute atomic E-state index is 13.2. The number of nitro benzene ring substituents is 1. The third-order valence-corrected chi connectivity index (χ3v) is 5.35. The van der Waals surface area contributed by atoms with Gasteiger partial charge in [0.1, 0.15) is 11.3 Å². The fraction of sp³-hybridized carbons (Fsp3) is 0.0435. The maximum Gasteiger partial charge on any atom is 0.269 e. The summed E-state index contributed by atoms with van der Waals surface area (Å²) >= 11 is 3.38. The van der Waals surface area contributed by atoms with E-state index in [9.17, 15) is 19.7 Å². The number of carbonyl (C=O) groups is 2. The third kappa shape index (κ3) is 5.74. The molecule has 0 saturated carbocycles. The van der Waals surface area contributed by atoms with Gasteiger partial charge in [-0.25, -0.2) is 0 Å². The molecule has 0 aromatic heterocycles. The second-order valence-electron chi connectivity index (χ2n) is 6.72. The summed E-state index contributed by atoms with van der Waals surface area (Å²) < 4.78 is 5.56. The van der Waals surface area contributed by atoms with Crippen LogP contribution in [0.15, 0.2) is 78.4 Å². The fourth-order valence-electron chi connectivity index (χ4n) is 2.88. The number of benzene rings is 3. The van der Waals surface area contributed by atoms with Crippen LogP contribution in [0.3, 0.4) is 0 Å². The zero-order valence-corrected chi connectivity index (χ0v) is 19.0. The van der Waals surface area contributed by atoms with Crippen molar-refractivity contribution in [1.29, 1.82) is 0 Å². The minimum absolute atomic E-state index is 0.125. The van der Waals surface area contributed by atoms with Gasteiger partial charge in [0, 0.05) is 39.2 Å². The van der Waals surface area contributed by atoms with Crippen LogP contribution in [-0.2, 0) is 9.59 Å². The molecule has 3 aromatic rings. The van der Waals surface area contributed by atoms with Gasteiger partial charge in [-0.05, 0) is 58.4 Å². The first-order chi connectivity index (χ1) is 15.8. The standard InChI is InChI=1S/C23H19BrN4O5/c1-33-19-5-3-2-4-18(19)21(24)20(22(29)26-15-8-6-14(25)7-9-15)23(30)27-16-10-12-17(13-11-16)28(31)32/h2-13H,25H2,1H3,(H,26,29)(H,27,30)/b21-20+. The van der Waals surface area contributed by atoms with Gasteiger partial charge >= 0.3 is 0 Å². The van der Waals surface area contributed by atoms with E-state index in [1.807, 2.05) is 0 Å². The van der Waals surface area contributed by atoms with Crippen LogP contribution < -0.4 is 21.1 Å². The summed E-state index contributed by atoms with van der Waals surface area (Å²) in [6.45, 7) is 0. The Bertz CT molecular complexity index is 1220. The summed E-state index contributed by atoms with van der Waals surface area (Å²) in [6, 6.07) is 18.6. The molecule has 10 heteroatoms. The van der Waals surface area contributed by atoms with Crippen molar-refractivity contribution in [2.75, 3.05) is 23.5 Å². The fourth-order valence-corrected chi connectivity index (χ4v) is 3.57. The predicted molar refractivity (Wildman–Crippen MR) is 130 cm³/mol. The van der Waals surface area contributed by atoms with E-state index in [4.69, 9.17) is 10.5 Å². The average Bonchev–Trinajstić information content (AvgIpc) is 2.81. The molecular weight excluding hydrogens is 492 g/mol. The minimum Gasteiger partial charge on any atom is -0.496 e. The second kappa shape index (κ2) is 10.4. The number of nitrogens with zero attached hydrogens (tertiary/aromatic N) is 1. The Hall–Kier alpha value is -4.18. The van der Waals surface area contributed by atoms with Gasteiger partial charge in [-0.3, -0.25) is 19.7 Å². The van der Waals surface area contributed by atoms with Crippen molar-refractivity contribution in [1.82, 2.24) is 0 Å². The number of halogens is 1. The van der Waals surface area contributed by atoms with Crippen molar-refractivity contribution in [3.05, 3.63) is 94.0 Å². The first-order valence-corrected chi connectivity index (χ1v) is 10.4. The summed E-state index contributed by atoms with van der Waals surface area (Å²) in [7, 11) is 1.48. The van der Waals surface area contributed by atoms with Crippen molar-refractivity contribution < 1.29 is 19.2 Å². The molecule has 0 unspecified atom stereocenters. The van der Waals surface area contributed by atoms with E-state index in [0.29, 0.717) is 22.7 Å². The highest BCUT2D eigenvalue weighted by Gasteiger charge is 2.25. The highest BCUT2D eigenvalue weighted by molar-refractivity contribution is 9.15. The molecule has 33 heavy (non-hydrogen) atoms. The van der Waals surface area contributed by atoms with Crippen molar-refractivity contribution in [3.8, 4) is 5.75 Å². The van der Waals surface area contributed by atoms with Crippen LogP contribution in [0.1, 0.15) is 5.56 Å². The molecule has 0 atom stereocenters. The Balaban J connectivity index is 2.00. The number of hydrogen-bond acceptors (Lipinski definition) is 6.